The summed E-state index contributed by atoms with van der Waals surface area (Å²) in [7, 11) is 1.64. The summed E-state index contributed by atoms with van der Waals surface area (Å²) in [5.74, 6) is 0.463. The molecule has 0 saturated carbocycles. The molecule has 5 heteroatoms. The van der Waals surface area contributed by atoms with E-state index in [9.17, 15) is 4.79 Å². The van der Waals surface area contributed by atoms with Crippen molar-refractivity contribution < 1.29 is 14.3 Å². The zero-order chi connectivity index (χ0) is 18.7. The van der Waals surface area contributed by atoms with E-state index in [0.717, 1.165) is 32.7 Å². The Bertz CT molecular complexity index is 929. The molecule has 0 N–H and O–H groups in total. The Morgan fingerprint density at radius 2 is 1.85 bits per heavy atom. The fourth-order valence-electron chi connectivity index (χ4n) is 2.93. The van der Waals surface area contributed by atoms with Gasteiger partial charge in [-0.1, -0.05) is 22.0 Å². The van der Waals surface area contributed by atoms with E-state index in [1.807, 2.05) is 67.1 Å². The van der Waals surface area contributed by atoms with Gasteiger partial charge in [0.15, 0.2) is 0 Å². The third-order valence-corrected chi connectivity index (χ3v) is 4.67. The quantitative estimate of drug-likeness (QED) is 0.525. The van der Waals surface area contributed by atoms with Crippen LogP contribution in [0.5, 0.6) is 5.75 Å². The number of ether oxygens (including phenoxy) is 2. The fraction of sp³-hybridized carbons (Fsp3) is 0.190. The largest absolute Gasteiger partial charge is 0.497 e. The number of hydrogen-bond donors (Lipinski definition) is 0. The van der Waals surface area contributed by atoms with Crippen molar-refractivity contribution in [1.82, 2.24) is 4.57 Å². The minimum absolute atomic E-state index is 0.322. The SMILES string of the molecule is CCOC(=O)c1ccn(-c2ccc(OC)cc2)c1-c1ccc(Br)cc1C. The lowest BCUT2D eigenvalue weighted by Crippen LogP contribution is -2.07. The van der Waals surface area contributed by atoms with Crippen molar-refractivity contribution in [3.05, 3.63) is 70.3 Å². The molecular formula is C21H20BrNO3. The lowest BCUT2D eigenvalue weighted by molar-refractivity contribution is 0.0527. The van der Waals surface area contributed by atoms with E-state index in [1.54, 1.807) is 13.2 Å². The maximum atomic E-state index is 12.5. The van der Waals surface area contributed by atoms with Crippen molar-refractivity contribution in [1.29, 1.82) is 0 Å². The van der Waals surface area contributed by atoms with Gasteiger partial charge in [-0.2, -0.15) is 0 Å². The molecule has 0 spiro atoms. The maximum Gasteiger partial charge on any atom is 0.340 e. The molecule has 0 bridgehead atoms. The Kier molecular flexibility index (Phi) is 5.47. The van der Waals surface area contributed by atoms with Crippen LogP contribution in [0.3, 0.4) is 0 Å². The topological polar surface area (TPSA) is 40.5 Å². The van der Waals surface area contributed by atoms with Crippen molar-refractivity contribution in [3.8, 4) is 22.7 Å². The van der Waals surface area contributed by atoms with Crippen LogP contribution in [0.4, 0.5) is 0 Å². The van der Waals surface area contributed by atoms with Gasteiger partial charge < -0.3 is 14.0 Å². The van der Waals surface area contributed by atoms with Crippen LogP contribution in [-0.4, -0.2) is 24.3 Å². The molecule has 0 unspecified atom stereocenters. The summed E-state index contributed by atoms with van der Waals surface area (Å²) < 4.78 is 13.5. The van der Waals surface area contributed by atoms with Crippen molar-refractivity contribution in [2.45, 2.75) is 13.8 Å². The first kappa shape index (κ1) is 18.3. The van der Waals surface area contributed by atoms with Gasteiger partial charge in [0.2, 0.25) is 0 Å². The van der Waals surface area contributed by atoms with Gasteiger partial charge in [-0.25, -0.2) is 4.79 Å². The summed E-state index contributed by atoms with van der Waals surface area (Å²) in [5.41, 5.74) is 4.36. The molecule has 0 amide bonds. The van der Waals surface area contributed by atoms with Gasteiger partial charge in [0.05, 0.1) is 25.0 Å². The Balaban J connectivity index is 2.20. The van der Waals surface area contributed by atoms with E-state index in [2.05, 4.69) is 15.9 Å². The zero-order valence-corrected chi connectivity index (χ0v) is 16.5. The van der Waals surface area contributed by atoms with Gasteiger partial charge in [0.25, 0.3) is 0 Å². The number of carbonyl (C=O) groups excluding carboxylic acids is 1. The van der Waals surface area contributed by atoms with E-state index >= 15 is 0 Å². The third kappa shape index (κ3) is 3.53. The molecule has 0 radical (unpaired) electrons. The molecule has 0 aliphatic heterocycles. The second-order valence-electron chi connectivity index (χ2n) is 5.83. The van der Waals surface area contributed by atoms with Crippen molar-refractivity contribution >= 4 is 21.9 Å². The van der Waals surface area contributed by atoms with Crippen LogP contribution in [0.25, 0.3) is 16.9 Å². The van der Waals surface area contributed by atoms with Gasteiger partial charge in [-0.05, 0) is 61.9 Å². The average molecular weight is 414 g/mol. The van der Waals surface area contributed by atoms with E-state index < -0.39 is 0 Å². The minimum atomic E-state index is -0.322. The summed E-state index contributed by atoms with van der Waals surface area (Å²) in [4.78, 5) is 12.5. The van der Waals surface area contributed by atoms with Crippen LogP contribution >= 0.6 is 15.9 Å². The summed E-state index contributed by atoms with van der Waals surface area (Å²) >= 11 is 3.50. The highest BCUT2D eigenvalue weighted by Gasteiger charge is 2.21. The molecule has 1 heterocycles. The number of benzene rings is 2. The monoisotopic (exact) mass is 413 g/mol. The van der Waals surface area contributed by atoms with E-state index in [1.165, 1.54) is 0 Å². The number of halogens is 1. The number of nitrogens with zero attached hydrogens (tertiary/aromatic N) is 1. The summed E-state index contributed by atoms with van der Waals surface area (Å²) in [6.45, 7) is 4.18. The molecule has 2 aromatic carbocycles. The number of carbonyl (C=O) groups is 1. The second-order valence-corrected chi connectivity index (χ2v) is 6.74. The van der Waals surface area contributed by atoms with Crippen LogP contribution in [0.1, 0.15) is 22.8 Å². The zero-order valence-electron chi connectivity index (χ0n) is 15.0. The minimum Gasteiger partial charge on any atom is -0.497 e. The molecular weight excluding hydrogens is 394 g/mol. The Labute approximate surface area is 161 Å². The van der Waals surface area contributed by atoms with Crippen molar-refractivity contribution in [2.75, 3.05) is 13.7 Å². The van der Waals surface area contributed by atoms with Gasteiger partial charge >= 0.3 is 5.97 Å². The Morgan fingerprint density at radius 3 is 2.46 bits per heavy atom. The van der Waals surface area contributed by atoms with Gasteiger partial charge in [-0.3, -0.25) is 0 Å². The molecule has 0 fully saturated rings. The first-order chi connectivity index (χ1) is 12.5. The second kappa shape index (κ2) is 7.79. The van der Waals surface area contributed by atoms with Crippen LogP contribution in [0.15, 0.2) is 59.2 Å². The molecule has 0 aliphatic rings. The molecule has 3 rings (SSSR count). The number of hydrogen-bond acceptors (Lipinski definition) is 3. The lowest BCUT2D eigenvalue weighted by atomic mass is 10.0. The fourth-order valence-corrected chi connectivity index (χ4v) is 3.41. The third-order valence-electron chi connectivity index (χ3n) is 4.18. The highest BCUT2D eigenvalue weighted by atomic mass is 79.9. The molecule has 1 aromatic heterocycles. The molecule has 0 atom stereocenters. The molecule has 0 aliphatic carbocycles. The molecule has 3 aromatic rings. The number of rotatable bonds is 5. The van der Waals surface area contributed by atoms with Crippen molar-refractivity contribution in [3.63, 3.8) is 0 Å². The average Bonchev–Trinajstić information content (AvgIpc) is 3.07. The van der Waals surface area contributed by atoms with Gasteiger partial charge in [0, 0.05) is 21.9 Å². The Hall–Kier alpha value is -2.53. The molecule has 134 valence electrons. The summed E-state index contributed by atoms with van der Waals surface area (Å²) in [6.07, 6.45) is 1.89. The summed E-state index contributed by atoms with van der Waals surface area (Å²) in [6, 6.07) is 15.6. The standard InChI is InChI=1S/C21H20BrNO3/c1-4-26-21(24)19-11-12-23(16-6-8-17(25-3)9-7-16)20(19)18-10-5-15(22)13-14(18)2/h5-13H,4H2,1-3H3. The van der Waals surface area contributed by atoms with Crippen LogP contribution in [-0.2, 0) is 4.74 Å². The van der Waals surface area contributed by atoms with E-state index in [4.69, 9.17) is 9.47 Å². The van der Waals surface area contributed by atoms with Gasteiger partial charge in [0.1, 0.15) is 5.75 Å². The number of methoxy groups -OCH3 is 1. The first-order valence-electron chi connectivity index (χ1n) is 8.34. The maximum absolute atomic E-state index is 12.5. The highest BCUT2D eigenvalue weighted by Crippen LogP contribution is 2.33. The molecule has 26 heavy (non-hydrogen) atoms. The van der Waals surface area contributed by atoms with E-state index in [0.29, 0.717) is 12.2 Å². The van der Waals surface area contributed by atoms with Gasteiger partial charge in [-0.15, -0.1) is 0 Å². The summed E-state index contributed by atoms with van der Waals surface area (Å²) in [5, 5.41) is 0. The normalized spacial score (nSPS) is 10.6. The lowest BCUT2D eigenvalue weighted by Gasteiger charge is -2.14. The van der Waals surface area contributed by atoms with Crippen LogP contribution in [0.2, 0.25) is 0 Å². The Morgan fingerprint density at radius 1 is 1.12 bits per heavy atom. The molecule has 4 nitrogen and oxygen atoms in total. The molecule has 0 saturated heterocycles. The van der Waals surface area contributed by atoms with E-state index in [-0.39, 0.29) is 5.97 Å². The number of esters is 1. The smallest absolute Gasteiger partial charge is 0.340 e. The predicted molar refractivity (Wildman–Crippen MR) is 106 cm³/mol. The number of aromatic nitrogens is 1. The van der Waals surface area contributed by atoms with Crippen LogP contribution < -0.4 is 4.74 Å². The van der Waals surface area contributed by atoms with Crippen LogP contribution in [0, 0.1) is 6.92 Å². The van der Waals surface area contributed by atoms with Crippen molar-refractivity contribution in [2.24, 2.45) is 0 Å². The highest BCUT2D eigenvalue weighted by molar-refractivity contribution is 9.10. The first-order valence-corrected chi connectivity index (χ1v) is 9.14. The predicted octanol–water partition coefficient (Wildman–Crippen LogP) is 5.40. The number of aryl methyl sites for hydroxylation is 1.